The summed E-state index contributed by atoms with van der Waals surface area (Å²) in [6.07, 6.45) is -5.55. The number of halogens is 3. The monoisotopic (exact) mass is 383 g/mol. The second kappa shape index (κ2) is 8.88. The zero-order chi connectivity index (χ0) is 20.0. The Morgan fingerprint density at radius 3 is 2.56 bits per heavy atom. The maximum atomic E-state index is 12.9. The molecule has 2 aromatic carbocycles. The number of rotatable bonds is 8. The van der Waals surface area contributed by atoms with Crippen LogP contribution in [0.1, 0.15) is 21.5 Å². The molecule has 0 aliphatic carbocycles. The molecule has 2 rings (SSSR count). The quantitative estimate of drug-likeness (QED) is 0.732. The van der Waals surface area contributed by atoms with Crippen LogP contribution in [0.25, 0.3) is 0 Å². The fraction of sp³-hybridized carbons (Fsp3) is 0.316. The number of hydrogen-bond donors (Lipinski definition) is 2. The fourth-order valence-corrected chi connectivity index (χ4v) is 2.60. The van der Waals surface area contributed by atoms with Crippen molar-refractivity contribution in [3.63, 3.8) is 0 Å². The molecule has 0 amide bonds. The van der Waals surface area contributed by atoms with Gasteiger partial charge in [0.25, 0.3) is 0 Å². The first-order valence-electron chi connectivity index (χ1n) is 8.14. The number of hydrogen-bond acceptors (Lipinski definition) is 4. The molecular formula is C19H20F3NO4. The van der Waals surface area contributed by atoms with Gasteiger partial charge in [-0.25, -0.2) is 4.79 Å². The van der Waals surface area contributed by atoms with E-state index in [1.165, 1.54) is 30.3 Å². The lowest BCUT2D eigenvalue weighted by molar-refractivity contribution is -0.139. The molecule has 0 radical (unpaired) electrons. The van der Waals surface area contributed by atoms with Crippen molar-refractivity contribution >= 4 is 5.97 Å². The highest BCUT2D eigenvalue weighted by molar-refractivity contribution is 5.87. The van der Waals surface area contributed by atoms with Gasteiger partial charge in [0.2, 0.25) is 0 Å². The lowest BCUT2D eigenvalue weighted by Gasteiger charge is -2.22. The first-order valence-corrected chi connectivity index (χ1v) is 8.14. The predicted molar refractivity (Wildman–Crippen MR) is 92.7 cm³/mol. The molecule has 0 heterocycles. The fourth-order valence-electron chi connectivity index (χ4n) is 2.60. The summed E-state index contributed by atoms with van der Waals surface area (Å²) in [7, 11) is 1.71. The van der Waals surface area contributed by atoms with E-state index in [0.29, 0.717) is 6.54 Å². The molecule has 0 aliphatic heterocycles. The molecule has 2 N–H and O–H groups in total. The van der Waals surface area contributed by atoms with Gasteiger partial charge in [-0.2, -0.15) is 13.2 Å². The number of carboxylic acids is 1. The first-order chi connectivity index (χ1) is 12.7. The minimum absolute atomic E-state index is 0.144. The summed E-state index contributed by atoms with van der Waals surface area (Å²) < 4.78 is 43.9. The Kier molecular flexibility index (Phi) is 6.81. The van der Waals surface area contributed by atoms with Crippen LogP contribution in [0, 0.1) is 0 Å². The lowest BCUT2D eigenvalue weighted by Crippen LogP contribution is -2.33. The van der Waals surface area contributed by atoms with Gasteiger partial charge in [-0.05, 0) is 36.9 Å². The third-order valence-electron chi connectivity index (χ3n) is 3.77. The third-order valence-corrected chi connectivity index (χ3v) is 3.77. The molecule has 0 aliphatic rings. The number of carbonyl (C=O) groups is 1. The van der Waals surface area contributed by atoms with Gasteiger partial charge in [0.05, 0.1) is 11.1 Å². The van der Waals surface area contributed by atoms with E-state index >= 15 is 0 Å². The average molecular weight is 383 g/mol. The third kappa shape index (κ3) is 6.26. The van der Waals surface area contributed by atoms with Crippen molar-refractivity contribution in [1.29, 1.82) is 0 Å². The molecule has 0 spiro atoms. The number of aliphatic hydroxyl groups excluding tert-OH is 1. The Labute approximate surface area is 154 Å². The summed E-state index contributed by atoms with van der Waals surface area (Å²) in [5.41, 5.74) is 0.0116. The normalized spacial score (nSPS) is 12.8. The molecule has 2 aromatic rings. The highest BCUT2D eigenvalue weighted by Gasteiger charge is 2.34. The van der Waals surface area contributed by atoms with E-state index in [-0.39, 0.29) is 24.5 Å². The summed E-state index contributed by atoms with van der Waals surface area (Å²) in [4.78, 5) is 12.7. The number of aliphatic hydroxyl groups is 1. The SMILES string of the molecule is CN(Cc1cccc(C(=O)O)c1)CC(O)COc1ccccc1C(F)(F)F. The van der Waals surface area contributed by atoms with E-state index in [9.17, 15) is 23.1 Å². The molecular weight excluding hydrogens is 363 g/mol. The van der Waals surface area contributed by atoms with Crippen molar-refractivity contribution in [2.75, 3.05) is 20.2 Å². The Bertz CT molecular complexity index is 780. The van der Waals surface area contributed by atoms with E-state index in [1.807, 2.05) is 0 Å². The number of para-hydroxylation sites is 1. The molecule has 1 atom stereocenters. The molecule has 0 aromatic heterocycles. The van der Waals surface area contributed by atoms with Crippen LogP contribution in [0.2, 0.25) is 0 Å². The number of ether oxygens (including phenoxy) is 1. The Morgan fingerprint density at radius 2 is 1.89 bits per heavy atom. The van der Waals surface area contributed by atoms with E-state index in [1.54, 1.807) is 24.1 Å². The highest BCUT2D eigenvalue weighted by atomic mass is 19.4. The lowest BCUT2D eigenvalue weighted by atomic mass is 10.1. The van der Waals surface area contributed by atoms with Crippen LogP contribution in [0.4, 0.5) is 13.2 Å². The minimum Gasteiger partial charge on any atom is -0.490 e. The summed E-state index contributed by atoms with van der Waals surface area (Å²) in [6, 6.07) is 11.2. The second-order valence-electron chi connectivity index (χ2n) is 6.16. The van der Waals surface area contributed by atoms with Crippen LogP contribution in [0.15, 0.2) is 48.5 Å². The van der Waals surface area contributed by atoms with Gasteiger partial charge in [0, 0.05) is 13.1 Å². The standard InChI is InChI=1S/C19H20F3NO4/c1-23(10-13-5-4-6-14(9-13)18(25)26)11-15(24)12-27-17-8-3-2-7-16(17)19(20,21)22/h2-9,15,24H,10-12H2,1H3,(H,25,26). The zero-order valence-corrected chi connectivity index (χ0v) is 14.6. The molecule has 1 unspecified atom stereocenters. The van der Waals surface area contributed by atoms with Gasteiger partial charge in [0.15, 0.2) is 0 Å². The van der Waals surface area contributed by atoms with Crippen molar-refractivity contribution in [1.82, 2.24) is 4.90 Å². The largest absolute Gasteiger partial charge is 0.490 e. The zero-order valence-electron chi connectivity index (χ0n) is 14.6. The van der Waals surface area contributed by atoms with Crippen LogP contribution in [-0.4, -0.2) is 47.4 Å². The van der Waals surface area contributed by atoms with Gasteiger partial charge < -0.3 is 14.9 Å². The van der Waals surface area contributed by atoms with E-state index in [4.69, 9.17) is 9.84 Å². The smallest absolute Gasteiger partial charge is 0.419 e. The van der Waals surface area contributed by atoms with Crippen molar-refractivity contribution in [2.45, 2.75) is 18.8 Å². The number of likely N-dealkylation sites (N-methyl/N-ethyl adjacent to an activating group) is 1. The number of aromatic carboxylic acids is 1. The van der Waals surface area contributed by atoms with Crippen molar-refractivity contribution in [3.8, 4) is 5.75 Å². The summed E-state index contributed by atoms with van der Waals surface area (Å²) in [5.74, 6) is -1.36. The van der Waals surface area contributed by atoms with Gasteiger partial charge in [-0.3, -0.25) is 4.90 Å². The Balaban J connectivity index is 1.90. The molecule has 5 nitrogen and oxygen atoms in total. The van der Waals surface area contributed by atoms with E-state index in [0.717, 1.165) is 11.6 Å². The maximum absolute atomic E-state index is 12.9. The first kappa shape index (κ1) is 20.7. The topological polar surface area (TPSA) is 70.0 Å². The maximum Gasteiger partial charge on any atom is 0.419 e. The van der Waals surface area contributed by atoms with E-state index in [2.05, 4.69) is 0 Å². The molecule has 27 heavy (non-hydrogen) atoms. The van der Waals surface area contributed by atoms with Crippen LogP contribution in [0.5, 0.6) is 5.75 Å². The number of benzene rings is 2. The van der Waals surface area contributed by atoms with Crippen molar-refractivity contribution in [2.24, 2.45) is 0 Å². The average Bonchev–Trinajstić information content (AvgIpc) is 2.59. The second-order valence-corrected chi connectivity index (χ2v) is 6.16. The highest BCUT2D eigenvalue weighted by Crippen LogP contribution is 2.35. The Hall–Kier alpha value is -2.58. The van der Waals surface area contributed by atoms with Crippen molar-refractivity contribution in [3.05, 3.63) is 65.2 Å². The number of alkyl halides is 3. The summed E-state index contributed by atoms with van der Waals surface area (Å²) >= 11 is 0. The van der Waals surface area contributed by atoms with Gasteiger partial charge in [0.1, 0.15) is 18.5 Å². The van der Waals surface area contributed by atoms with Gasteiger partial charge in [-0.15, -0.1) is 0 Å². The van der Waals surface area contributed by atoms with Gasteiger partial charge in [-0.1, -0.05) is 24.3 Å². The van der Waals surface area contributed by atoms with E-state index < -0.39 is 23.8 Å². The molecule has 0 saturated heterocycles. The Morgan fingerprint density at radius 1 is 1.19 bits per heavy atom. The van der Waals surface area contributed by atoms with Crippen LogP contribution in [0.3, 0.4) is 0 Å². The predicted octanol–water partition coefficient (Wildman–Crippen LogP) is 3.28. The molecule has 0 bridgehead atoms. The molecule has 0 saturated carbocycles. The van der Waals surface area contributed by atoms with Crippen molar-refractivity contribution < 1.29 is 32.9 Å². The minimum atomic E-state index is -4.53. The molecule has 0 fully saturated rings. The van der Waals surface area contributed by atoms with Crippen LogP contribution < -0.4 is 4.74 Å². The molecule has 146 valence electrons. The number of nitrogens with zero attached hydrogens (tertiary/aromatic N) is 1. The number of carboxylic acid groups (broad SMARTS) is 1. The van der Waals surface area contributed by atoms with Crippen LogP contribution >= 0.6 is 0 Å². The molecule has 8 heteroatoms. The summed E-state index contributed by atoms with van der Waals surface area (Å²) in [5, 5.41) is 19.0. The van der Waals surface area contributed by atoms with Crippen LogP contribution in [-0.2, 0) is 12.7 Å². The van der Waals surface area contributed by atoms with Gasteiger partial charge >= 0.3 is 12.1 Å². The summed E-state index contributed by atoms with van der Waals surface area (Å²) in [6.45, 7) is 0.218.